The lowest BCUT2D eigenvalue weighted by atomic mass is 10.0. The first-order valence-electron chi connectivity index (χ1n) is 7.14. The van der Waals surface area contributed by atoms with Crippen LogP contribution in [0.4, 0.5) is 5.69 Å². The van der Waals surface area contributed by atoms with Crippen LogP contribution >= 0.6 is 11.6 Å². The number of hydrogen-bond acceptors (Lipinski definition) is 3. The van der Waals surface area contributed by atoms with Crippen LogP contribution in [-0.4, -0.2) is 37.2 Å². The molecule has 1 aliphatic heterocycles. The van der Waals surface area contributed by atoms with Gasteiger partial charge in [0.15, 0.2) is 0 Å². The molecule has 3 nitrogen and oxygen atoms in total. The number of benzene rings is 1. The van der Waals surface area contributed by atoms with Crippen LogP contribution in [0.2, 0.25) is 5.02 Å². The summed E-state index contributed by atoms with van der Waals surface area (Å²) in [5, 5.41) is 4.33. The molecule has 106 valence electrons. The largest absolute Gasteiger partial charge is 0.492 e. The molecule has 1 heterocycles. The summed E-state index contributed by atoms with van der Waals surface area (Å²) in [4.78, 5) is 2.49. The molecule has 0 aromatic heterocycles. The van der Waals surface area contributed by atoms with Gasteiger partial charge in [-0.2, -0.15) is 0 Å². The Labute approximate surface area is 120 Å². The number of piperidine rings is 1. The van der Waals surface area contributed by atoms with Crippen molar-refractivity contribution in [3.8, 4) is 5.75 Å². The van der Waals surface area contributed by atoms with Crippen LogP contribution in [0.15, 0.2) is 18.2 Å². The number of nitrogens with one attached hydrogen (secondary N) is 1. The number of halogens is 1. The fourth-order valence-electron chi connectivity index (χ4n) is 2.51. The SMILES string of the molecule is CCOc1ccc(Cl)cc1NC1CCN(CC)CC1. The lowest BCUT2D eigenvalue weighted by Gasteiger charge is -2.32. The fraction of sp³-hybridized carbons (Fsp3) is 0.600. The molecule has 0 bridgehead atoms. The highest BCUT2D eigenvalue weighted by molar-refractivity contribution is 6.30. The van der Waals surface area contributed by atoms with Gasteiger partial charge in [0.2, 0.25) is 0 Å². The van der Waals surface area contributed by atoms with Gasteiger partial charge in [-0.1, -0.05) is 18.5 Å². The Morgan fingerprint density at radius 1 is 1.32 bits per heavy atom. The highest BCUT2D eigenvalue weighted by Crippen LogP contribution is 2.30. The van der Waals surface area contributed by atoms with Gasteiger partial charge < -0.3 is 15.0 Å². The van der Waals surface area contributed by atoms with Gasteiger partial charge in [-0.25, -0.2) is 0 Å². The van der Waals surface area contributed by atoms with E-state index >= 15 is 0 Å². The first-order valence-corrected chi connectivity index (χ1v) is 7.52. The second-order valence-electron chi connectivity index (χ2n) is 4.93. The molecule has 0 unspecified atom stereocenters. The molecule has 0 aliphatic carbocycles. The zero-order valence-electron chi connectivity index (χ0n) is 11.8. The average Bonchev–Trinajstić information content (AvgIpc) is 2.43. The maximum absolute atomic E-state index is 6.08. The minimum Gasteiger partial charge on any atom is -0.492 e. The topological polar surface area (TPSA) is 24.5 Å². The predicted octanol–water partition coefficient (Wildman–Crippen LogP) is 3.63. The van der Waals surface area contributed by atoms with Gasteiger partial charge in [0.1, 0.15) is 5.75 Å². The van der Waals surface area contributed by atoms with Crippen molar-refractivity contribution in [2.45, 2.75) is 32.7 Å². The van der Waals surface area contributed by atoms with Crippen molar-refractivity contribution in [2.75, 3.05) is 31.6 Å². The molecule has 19 heavy (non-hydrogen) atoms. The maximum Gasteiger partial charge on any atom is 0.142 e. The number of hydrogen-bond donors (Lipinski definition) is 1. The smallest absolute Gasteiger partial charge is 0.142 e. The predicted molar refractivity (Wildman–Crippen MR) is 81.4 cm³/mol. The number of likely N-dealkylation sites (tertiary alicyclic amines) is 1. The van der Waals surface area contributed by atoms with E-state index in [2.05, 4.69) is 17.1 Å². The van der Waals surface area contributed by atoms with Crippen LogP contribution in [0.1, 0.15) is 26.7 Å². The molecule has 0 atom stereocenters. The summed E-state index contributed by atoms with van der Waals surface area (Å²) in [6.07, 6.45) is 2.35. The summed E-state index contributed by atoms with van der Waals surface area (Å²) < 4.78 is 5.64. The van der Waals surface area contributed by atoms with E-state index < -0.39 is 0 Å². The van der Waals surface area contributed by atoms with Gasteiger partial charge in [-0.15, -0.1) is 0 Å². The molecule has 0 amide bonds. The van der Waals surface area contributed by atoms with Crippen LogP contribution in [0.5, 0.6) is 5.75 Å². The summed E-state index contributed by atoms with van der Waals surface area (Å²) in [5.74, 6) is 0.893. The Bertz CT molecular complexity index is 403. The van der Waals surface area contributed by atoms with E-state index in [1.165, 1.54) is 25.9 Å². The second-order valence-corrected chi connectivity index (χ2v) is 5.36. The van der Waals surface area contributed by atoms with Crippen LogP contribution in [0.25, 0.3) is 0 Å². The zero-order valence-corrected chi connectivity index (χ0v) is 12.5. The van der Waals surface area contributed by atoms with Gasteiger partial charge in [0, 0.05) is 24.2 Å². The molecule has 1 saturated heterocycles. The molecule has 0 radical (unpaired) electrons. The second kappa shape index (κ2) is 7.01. The van der Waals surface area contributed by atoms with E-state index in [0.717, 1.165) is 23.0 Å². The van der Waals surface area contributed by atoms with Gasteiger partial charge in [0.25, 0.3) is 0 Å². The van der Waals surface area contributed by atoms with Gasteiger partial charge in [-0.3, -0.25) is 0 Å². The molecule has 1 aliphatic rings. The fourth-order valence-corrected chi connectivity index (χ4v) is 2.68. The first-order chi connectivity index (χ1) is 9.22. The van der Waals surface area contributed by atoms with Crippen molar-refractivity contribution < 1.29 is 4.74 Å². The lowest BCUT2D eigenvalue weighted by molar-refractivity contribution is 0.229. The molecule has 1 aromatic rings. The minimum absolute atomic E-state index is 0.514. The summed E-state index contributed by atoms with van der Waals surface area (Å²) >= 11 is 6.08. The van der Waals surface area contributed by atoms with Gasteiger partial charge in [-0.05, 0) is 44.5 Å². The molecular weight excluding hydrogens is 260 g/mol. The van der Waals surface area contributed by atoms with E-state index in [-0.39, 0.29) is 0 Å². The van der Waals surface area contributed by atoms with Crippen molar-refractivity contribution in [1.82, 2.24) is 4.90 Å². The third-order valence-electron chi connectivity index (χ3n) is 3.64. The van der Waals surface area contributed by atoms with E-state index in [4.69, 9.17) is 16.3 Å². The summed E-state index contributed by atoms with van der Waals surface area (Å²) in [7, 11) is 0. The van der Waals surface area contributed by atoms with E-state index in [1.807, 2.05) is 25.1 Å². The Morgan fingerprint density at radius 3 is 2.68 bits per heavy atom. The van der Waals surface area contributed by atoms with E-state index in [0.29, 0.717) is 12.6 Å². The van der Waals surface area contributed by atoms with Crippen molar-refractivity contribution in [1.29, 1.82) is 0 Å². The Balaban J connectivity index is 2.00. The van der Waals surface area contributed by atoms with Crippen molar-refractivity contribution in [3.05, 3.63) is 23.2 Å². The number of nitrogens with zero attached hydrogens (tertiary/aromatic N) is 1. The monoisotopic (exact) mass is 282 g/mol. The van der Waals surface area contributed by atoms with Crippen molar-refractivity contribution >= 4 is 17.3 Å². The Morgan fingerprint density at radius 2 is 2.05 bits per heavy atom. The maximum atomic E-state index is 6.08. The number of rotatable bonds is 5. The molecule has 0 spiro atoms. The van der Waals surface area contributed by atoms with Crippen LogP contribution < -0.4 is 10.1 Å². The lowest BCUT2D eigenvalue weighted by Crippen LogP contribution is -2.38. The molecular formula is C15H23ClN2O. The van der Waals surface area contributed by atoms with E-state index in [1.54, 1.807) is 0 Å². The summed E-state index contributed by atoms with van der Waals surface area (Å²) in [6.45, 7) is 8.37. The van der Waals surface area contributed by atoms with Crippen LogP contribution in [0, 0.1) is 0 Å². The third-order valence-corrected chi connectivity index (χ3v) is 3.87. The molecule has 0 saturated carbocycles. The van der Waals surface area contributed by atoms with Crippen LogP contribution in [-0.2, 0) is 0 Å². The van der Waals surface area contributed by atoms with Crippen molar-refractivity contribution in [2.24, 2.45) is 0 Å². The van der Waals surface area contributed by atoms with Crippen LogP contribution in [0.3, 0.4) is 0 Å². The molecule has 1 aromatic carbocycles. The van der Waals surface area contributed by atoms with E-state index in [9.17, 15) is 0 Å². The average molecular weight is 283 g/mol. The molecule has 2 rings (SSSR count). The highest BCUT2D eigenvalue weighted by Gasteiger charge is 2.19. The highest BCUT2D eigenvalue weighted by atomic mass is 35.5. The molecule has 4 heteroatoms. The number of ether oxygens (including phenoxy) is 1. The Hall–Kier alpha value is -0.930. The zero-order chi connectivity index (χ0) is 13.7. The summed E-state index contributed by atoms with van der Waals surface area (Å²) in [5.41, 5.74) is 1.02. The quantitative estimate of drug-likeness (QED) is 0.892. The minimum atomic E-state index is 0.514. The third kappa shape index (κ3) is 4.02. The van der Waals surface area contributed by atoms with Gasteiger partial charge in [0.05, 0.1) is 12.3 Å². The number of anilines is 1. The normalized spacial score (nSPS) is 17.4. The standard InChI is InChI=1S/C15H23ClN2O/c1-3-18-9-7-13(8-10-18)17-14-11-12(16)5-6-15(14)19-4-2/h5-6,11,13,17H,3-4,7-10H2,1-2H3. The molecule has 1 N–H and O–H groups in total. The van der Waals surface area contributed by atoms with Gasteiger partial charge >= 0.3 is 0 Å². The summed E-state index contributed by atoms with van der Waals surface area (Å²) in [6, 6.07) is 6.28. The molecule has 1 fully saturated rings. The Kier molecular flexibility index (Phi) is 5.34. The van der Waals surface area contributed by atoms with Crippen molar-refractivity contribution in [3.63, 3.8) is 0 Å². The first kappa shape index (κ1) is 14.5.